The molecule has 6 aliphatic rings. The number of carbonyl (C=O) groups excluding carboxylic acids is 4. The lowest BCUT2D eigenvalue weighted by atomic mass is 9.33. The molecule has 7 rings (SSSR count). The van der Waals surface area contributed by atoms with Crippen LogP contribution in [0.3, 0.4) is 0 Å². The highest BCUT2D eigenvalue weighted by Gasteiger charge is 2.70. The molecular formula is C50H71ClN2O6. The Labute approximate surface area is 358 Å². The third-order valence-corrected chi connectivity index (χ3v) is 17.3. The van der Waals surface area contributed by atoms with Gasteiger partial charge in [-0.15, -0.1) is 0 Å². The average molecular weight is 832 g/mol. The first-order chi connectivity index (χ1) is 27.2. The van der Waals surface area contributed by atoms with Crippen molar-refractivity contribution in [3.05, 3.63) is 52.3 Å². The molecule has 0 saturated heterocycles. The fourth-order valence-corrected chi connectivity index (χ4v) is 13.9. The van der Waals surface area contributed by atoms with Crippen LogP contribution in [0.4, 0.5) is 0 Å². The summed E-state index contributed by atoms with van der Waals surface area (Å²) in [5.74, 6) is 0.635. The highest BCUT2D eigenvalue weighted by Crippen LogP contribution is 2.77. The summed E-state index contributed by atoms with van der Waals surface area (Å²) in [6, 6.07) is 3.72. The Morgan fingerprint density at radius 3 is 2.20 bits per heavy atom. The maximum absolute atomic E-state index is 14.1. The molecule has 1 aromatic heterocycles. The first-order valence-corrected chi connectivity index (χ1v) is 23.0. The van der Waals surface area contributed by atoms with Crippen LogP contribution in [0, 0.1) is 56.2 Å². The highest BCUT2D eigenvalue weighted by molar-refractivity contribution is 6.30. The number of ketones is 1. The smallest absolute Gasteiger partial charge is 0.312 e. The van der Waals surface area contributed by atoms with Gasteiger partial charge in [0.25, 0.3) is 0 Å². The lowest BCUT2D eigenvalue weighted by molar-refractivity contribution is -0.232. The van der Waals surface area contributed by atoms with E-state index in [2.05, 4.69) is 64.8 Å². The van der Waals surface area contributed by atoms with Crippen molar-refractivity contribution in [3.63, 3.8) is 0 Å². The van der Waals surface area contributed by atoms with Crippen LogP contribution in [-0.2, 0) is 34.2 Å². The summed E-state index contributed by atoms with van der Waals surface area (Å²) in [7, 11) is 0. The standard InChI is InChI=1S/C50H71ClN2O6/c1-30(2)40-33(54)27-49(22-19-38(55)53-50(25-26-50)36-16-13-31(51)29-52-36)24-23-47(11)32(41(40)49)14-15-35-46(10)20-18-37(45(8,9)34(46)17-21-48(35,47)12)58-39(56)28-44(6,7)42(57)59-43(3,4)5/h13,16,19,22,29-30,32,34-35,37H,14-15,17-18,20-21,23-28H2,1-12H3,(H,53,55)/t32-,34+,35-,37+,46+,47-,48-,49+/m1/s1. The molecule has 1 N–H and O–H groups in total. The molecule has 1 aromatic rings. The fraction of sp³-hybridized carbons (Fsp3) is 0.740. The second-order valence-corrected chi connectivity index (χ2v) is 23.5. The Hall–Kier alpha value is -3.00. The fourth-order valence-electron chi connectivity index (χ4n) is 13.8. The molecule has 0 aliphatic heterocycles. The van der Waals surface area contributed by atoms with E-state index in [0.717, 1.165) is 75.5 Å². The Morgan fingerprint density at radius 1 is 0.898 bits per heavy atom. The zero-order valence-electron chi connectivity index (χ0n) is 38.0. The largest absolute Gasteiger partial charge is 0.462 e. The number of pyridine rings is 1. The molecule has 0 unspecified atom stereocenters. The lowest BCUT2D eigenvalue weighted by Crippen LogP contribution is -2.65. The van der Waals surface area contributed by atoms with E-state index in [1.807, 2.05) is 32.9 Å². The van der Waals surface area contributed by atoms with Gasteiger partial charge in [0, 0.05) is 23.4 Å². The lowest BCUT2D eigenvalue weighted by Gasteiger charge is -2.72. The van der Waals surface area contributed by atoms with Gasteiger partial charge in [0.2, 0.25) is 5.91 Å². The Kier molecular flexibility index (Phi) is 10.9. The number of hydrogen-bond donors (Lipinski definition) is 1. The van der Waals surface area contributed by atoms with Crippen LogP contribution >= 0.6 is 11.6 Å². The second kappa shape index (κ2) is 14.5. The summed E-state index contributed by atoms with van der Waals surface area (Å²) in [6.45, 7) is 25.6. The Morgan fingerprint density at radius 2 is 1.59 bits per heavy atom. The second-order valence-electron chi connectivity index (χ2n) is 23.0. The summed E-state index contributed by atoms with van der Waals surface area (Å²) in [6.07, 6.45) is 15.3. The summed E-state index contributed by atoms with van der Waals surface area (Å²) < 4.78 is 12.0. The van der Waals surface area contributed by atoms with Gasteiger partial charge in [-0.1, -0.05) is 66.1 Å². The molecule has 6 aliphatic carbocycles. The number of amides is 1. The predicted octanol–water partition coefficient (Wildman–Crippen LogP) is 11.0. The molecule has 5 saturated carbocycles. The molecular weight excluding hydrogens is 760 g/mol. The zero-order valence-corrected chi connectivity index (χ0v) is 38.8. The zero-order chi connectivity index (χ0) is 43.4. The number of rotatable bonds is 9. The number of Topliss-reactive ketones (excluding diaryl/α,β-unsaturated/α-hetero) is 1. The molecule has 9 heteroatoms. The van der Waals surface area contributed by atoms with Gasteiger partial charge < -0.3 is 14.8 Å². The number of allylic oxidation sites excluding steroid dienone is 3. The molecule has 324 valence electrons. The maximum atomic E-state index is 14.1. The van der Waals surface area contributed by atoms with Gasteiger partial charge in [-0.3, -0.25) is 24.2 Å². The number of hydrogen-bond acceptors (Lipinski definition) is 7. The Balaban J connectivity index is 1.11. The molecule has 0 aromatic carbocycles. The van der Waals surface area contributed by atoms with Crippen LogP contribution in [0.5, 0.6) is 0 Å². The van der Waals surface area contributed by atoms with Crippen LogP contribution in [0.1, 0.15) is 166 Å². The monoisotopic (exact) mass is 831 g/mol. The van der Waals surface area contributed by atoms with Crippen molar-refractivity contribution in [2.45, 2.75) is 177 Å². The first-order valence-electron chi connectivity index (χ1n) is 22.6. The number of halogens is 1. The van der Waals surface area contributed by atoms with Crippen LogP contribution in [-0.4, -0.2) is 40.3 Å². The van der Waals surface area contributed by atoms with Crippen LogP contribution in [0.2, 0.25) is 5.02 Å². The minimum atomic E-state index is -0.984. The van der Waals surface area contributed by atoms with Gasteiger partial charge in [0.1, 0.15) is 11.7 Å². The number of nitrogens with zero attached hydrogens (tertiary/aromatic N) is 1. The molecule has 1 amide bonds. The van der Waals surface area contributed by atoms with Gasteiger partial charge in [-0.2, -0.15) is 0 Å². The van der Waals surface area contributed by atoms with Gasteiger partial charge in [0.15, 0.2) is 5.78 Å². The van der Waals surface area contributed by atoms with Crippen molar-refractivity contribution in [1.82, 2.24) is 10.3 Å². The Bertz CT molecular complexity index is 1950. The first kappa shape index (κ1) is 44.1. The number of nitrogens with one attached hydrogen (secondary N) is 1. The number of carbonyl (C=O) groups is 4. The van der Waals surface area contributed by atoms with Crippen LogP contribution in [0.15, 0.2) is 41.6 Å². The SMILES string of the molecule is CC(C)C1=C2[C@H]3CC[C@@H]4[C@@]5(C)CC[C@H](OC(=O)CC(C)(C)C(=O)OC(C)(C)C)C(C)(C)[C@@H]5CC[C@@]4(C)[C@]3(C)CC[C@@]2(C=CC(=O)NC2(c3ccc(Cl)cn3)CC2)CC1=O. The molecule has 0 bridgehead atoms. The van der Waals surface area contributed by atoms with E-state index in [1.165, 1.54) is 5.57 Å². The van der Waals surface area contributed by atoms with Gasteiger partial charge in [-0.05, 0) is 168 Å². The minimum Gasteiger partial charge on any atom is -0.462 e. The number of esters is 2. The van der Waals surface area contributed by atoms with Gasteiger partial charge in [0.05, 0.1) is 28.1 Å². The van der Waals surface area contributed by atoms with E-state index < -0.39 is 22.0 Å². The molecule has 1 heterocycles. The normalized spacial score (nSPS) is 36.0. The van der Waals surface area contributed by atoms with E-state index in [1.54, 1.807) is 26.1 Å². The van der Waals surface area contributed by atoms with E-state index >= 15 is 0 Å². The average Bonchev–Trinajstić information content (AvgIpc) is 3.82. The predicted molar refractivity (Wildman–Crippen MR) is 231 cm³/mol. The van der Waals surface area contributed by atoms with Crippen molar-refractivity contribution >= 4 is 35.2 Å². The molecule has 0 spiro atoms. The van der Waals surface area contributed by atoms with E-state index in [0.29, 0.717) is 23.3 Å². The molecule has 0 radical (unpaired) electrons. The summed E-state index contributed by atoms with van der Waals surface area (Å²) >= 11 is 6.11. The summed E-state index contributed by atoms with van der Waals surface area (Å²) in [4.78, 5) is 58.9. The number of aromatic nitrogens is 1. The van der Waals surface area contributed by atoms with Crippen LogP contribution in [0.25, 0.3) is 0 Å². The van der Waals surface area contributed by atoms with Gasteiger partial charge in [-0.25, -0.2) is 0 Å². The minimum absolute atomic E-state index is 0.0113. The van der Waals surface area contributed by atoms with Crippen molar-refractivity contribution in [2.75, 3.05) is 0 Å². The van der Waals surface area contributed by atoms with Crippen molar-refractivity contribution in [2.24, 2.45) is 56.2 Å². The summed E-state index contributed by atoms with van der Waals surface area (Å²) in [5, 5.41) is 3.84. The van der Waals surface area contributed by atoms with Crippen molar-refractivity contribution in [1.29, 1.82) is 0 Å². The van der Waals surface area contributed by atoms with E-state index in [-0.39, 0.29) is 69.6 Å². The quantitative estimate of drug-likeness (QED) is 0.195. The topological polar surface area (TPSA) is 112 Å². The van der Waals surface area contributed by atoms with E-state index in [9.17, 15) is 19.2 Å². The number of fused-ring (bicyclic) bond motifs is 7. The molecule has 8 atom stereocenters. The van der Waals surface area contributed by atoms with Crippen LogP contribution < -0.4 is 5.32 Å². The number of ether oxygens (including phenoxy) is 2. The van der Waals surface area contributed by atoms with Crippen molar-refractivity contribution < 1.29 is 28.7 Å². The highest BCUT2D eigenvalue weighted by atomic mass is 35.5. The van der Waals surface area contributed by atoms with E-state index in [4.69, 9.17) is 21.1 Å². The third-order valence-electron chi connectivity index (χ3n) is 17.1. The summed E-state index contributed by atoms with van der Waals surface area (Å²) in [5.41, 5.74) is 0.517. The van der Waals surface area contributed by atoms with Crippen molar-refractivity contribution in [3.8, 4) is 0 Å². The molecule has 59 heavy (non-hydrogen) atoms. The molecule has 5 fully saturated rings. The maximum Gasteiger partial charge on any atom is 0.312 e. The third kappa shape index (κ3) is 7.35. The molecule has 8 nitrogen and oxygen atoms in total. The van der Waals surface area contributed by atoms with Gasteiger partial charge >= 0.3 is 11.9 Å².